The van der Waals surface area contributed by atoms with Crippen LogP contribution in [-0.4, -0.2) is 143 Å². The number of carbonyl (C=O) groups is 9. The number of rotatable bonds is 21. The fourth-order valence-corrected chi connectivity index (χ4v) is 10.8. The molecule has 0 saturated carbocycles. The largest absolute Gasteiger partial charge is 0.508 e. The molecule has 5 rings (SSSR count). The van der Waals surface area contributed by atoms with Gasteiger partial charge < -0.3 is 75.1 Å². The fraction of sp³-hybridized carbons (Fsp3) is 0.400. The van der Waals surface area contributed by atoms with E-state index in [1.807, 2.05) is 0 Å². The fourth-order valence-electron chi connectivity index (χ4n) is 8.34. The zero-order valence-corrected chi connectivity index (χ0v) is 47.1. The number of phenolic OH excluding ortho intramolecular Hbond substituents is 1. The van der Waals surface area contributed by atoms with Gasteiger partial charge in [0, 0.05) is 41.4 Å². The first kappa shape index (κ1) is 64.4. The van der Waals surface area contributed by atoms with Crippen LogP contribution in [0.1, 0.15) is 65.2 Å². The van der Waals surface area contributed by atoms with Crippen molar-refractivity contribution < 1.29 is 58.1 Å². The number of nitrogens with one attached hydrogen (secondary N) is 7. The van der Waals surface area contributed by atoms with Crippen molar-refractivity contribution in [2.24, 2.45) is 22.9 Å². The lowest BCUT2D eigenvalue weighted by molar-refractivity contribution is -0.136. The normalized spacial score (nSPS) is 20.8. The lowest BCUT2D eigenvalue weighted by Crippen LogP contribution is -2.62. The molecule has 1 saturated heterocycles. The van der Waals surface area contributed by atoms with E-state index in [9.17, 15) is 53.4 Å². The van der Waals surface area contributed by atoms with Crippen LogP contribution < -0.4 is 64.9 Å². The first-order valence-electron chi connectivity index (χ1n) is 26.0. The van der Waals surface area contributed by atoms with E-state index >= 15 is 0 Å². The first-order chi connectivity index (χ1) is 38.6. The summed E-state index contributed by atoms with van der Waals surface area (Å²) in [6.07, 6.45) is -0.663. The molecule has 1 aliphatic heterocycles. The van der Waals surface area contributed by atoms with E-state index in [0.717, 1.165) is 21.6 Å². The Morgan fingerprint density at radius 3 is 1.78 bits per heavy atom. The van der Waals surface area contributed by atoms with E-state index in [1.165, 1.54) is 62.6 Å². The minimum atomic E-state index is -1.75. The molecule has 0 aromatic heterocycles. The van der Waals surface area contributed by atoms with Gasteiger partial charge in [-0.15, -0.1) is 0 Å². The Bertz CT molecular complexity index is 2800. The maximum Gasteiger partial charge on any atom is 0.248 e. The lowest BCUT2D eigenvalue weighted by atomic mass is 10.00. The van der Waals surface area contributed by atoms with Gasteiger partial charge in [0.1, 0.15) is 53.8 Å². The molecule has 0 bridgehead atoms. The third kappa shape index (κ3) is 20.9. The number of hydrogen-bond donors (Lipinski definition) is 13. The third-order valence-electron chi connectivity index (χ3n) is 13.0. The highest BCUT2D eigenvalue weighted by Gasteiger charge is 2.36. The summed E-state index contributed by atoms with van der Waals surface area (Å²) in [4.78, 5) is 126. The molecule has 0 aliphatic carbocycles. The quantitative estimate of drug-likeness (QED) is 0.0383. The van der Waals surface area contributed by atoms with Crippen molar-refractivity contribution in [3.8, 4) is 11.5 Å². The van der Waals surface area contributed by atoms with Crippen LogP contribution in [0.15, 0.2) is 97.1 Å². The van der Waals surface area contributed by atoms with E-state index < -0.39 is 108 Å². The molecule has 436 valence electrons. The number of nitrogens with two attached hydrogens (primary N) is 4. The Morgan fingerprint density at radius 1 is 0.679 bits per heavy atom. The number of aliphatic hydroxyl groups is 1. The van der Waals surface area contributed by atoms with Gasteiger partial charge in [-0.3, -0.25) is 43.2 Å². The molecular weight excluding hydrogens is 1110 g/mol. The smallest absolute Gasteiger partial charge is 0.248 e. The van der Waals surface area contributed by atoms with Gasteiger partial charge in [-0.25, -0.2) is 0 Å². The Balaban J connectivity index is 1.59. The molecule has 4 aromatic carbocycles. The standard InChI is InChI=1S/C55H70ClN11O12S2/c1-30(68)46-55(78)66-45(53(76)62-41(48(60)71)25-33-11-19-37(69)20-12-33)29-81-80-28-44(65-49(72)39(58)24-31-9-17-36(56)18-10-31)54(77)64-43(27-34-13-21-38(79-2)22-14-34)52(75)63-42(26-32-7-15-35(16-8-32)47(59)70)51(74)61-40(50(73)67-46)6-4-3-5-23-57/h7-22,30,39-46,68-69H,3-6,23-29,57-58H2,1-2H3,(H2,59,70)(H2,60,71)(H,61,74)(H,62,76)(H,63,75)(H,64,77)(H,65,72)(H,66,78)(H,67,73)/t30-,39+,40+,41?,42-,43+,44-,45+,46+/m1/s1. The van der Waals surface area contributed by atoms with Crippen molar-refractivity contribution in [1.29, 1.82) is 0 Å². The molecule has 0 radical (unpaired) electrons. The van der Waals surface area contributed by atoms with Gasteiger partial charge in [0.25, 0.3) is 0 Å². The summed E-state index contributed by atoms with van der Waals surface area (Å²) >= 11 is 6.08. The average Bonchev–Trinajstić information content (AvgIpc) is 3.51. The number of methoxy groups -OCH3 is 1. The second-order valence-electron chi connectivity index (χ2n) is 19.3. The molecule has 1 heterocycles. The van der Waals surface area contributed by atoms with Crippen molar-refractivity contribution >= 4 is 86.4 Å². The number of benzene rings is 4. The minimum Gasteiger partial charge on any atom is -0.508 e. The number of halogens is 1. The van der Waals surface area contributed by atoms with Crippen LogP contribution >= 0.6 is 33.2 Å². The van der Waals surface area contributed by atoms with Gasteiger partial charge in [-0.05, 0) is 104 Å². The Morgan fingerprint density at radius 2 is 1.21 bits per heavy atom. The van der Waals surface area contributed by atoms with Crippen molar-refractivity contribution in [2.45, 2.75) is 113 Å². The van der Waals surface area contributed by atoms with Crippen LogP contribution in [0.3, 0.4) is 0 Å². The monoisotopic (exact) mass is 1180 g/mol. The van der Waals surface area contributed by atoms with Crippen LogP contribution in [0.25, 0.3) is 0 Å². The molecule has 9 atom stereocenters. The average molecular weight is 1180 g/mol. The number of unbranched alkanes of at least 4 members (excludes halogenated alkanes) is 2. The number of amides is 9. The van der Waals surface area contributed by atoms with E-state index in [4.69, 9.17) is 39.3 Å². The van der Waals surface area contributed by atoms with Gasteiger partial charge in [0.05, 0.1) is 19.3 Å². The van der Waals surface area contributed by atoms with Gasteiger partial charge >= 0.3 is 0 Å². The summed E-state index contributed by atoms with van der Waals surface area (Å²) in [5.74, 6) is -7.98. The highest BCUT2D eigenvalue weighted by Crippen LogP contribution is 2.25. The Labute approximate surface area is 481 Å². The number of phenols is 1. The van der Waals surface area contributed by atoms with Crippen LogP contribution in [0.5, 0.6) is 11.5 Å². The highest BCUT2D eigenvalue weighted by molar-refractivity contribution is 8.76. The van der Waals surface area contributed by atoms with E-state index in [0.29, 0.717) is 58.8 Å². The zero-order chi connectivity index (χ0) is 59.2. The van der Waals surface area contributed by atoms with Crippen molar-refractivity contribution in [3.05, 3.63) is 130 Å². The number of hydrogen-bond acceptors (Lipinski definition) is 16. The predicted molar refractivity (Wildman–Crippen MR) is 307 cm³/mol. The van der Waals surface area contributed by atoms with Gasteiger partial charge in [0.2, 0.25) is 53.2 Å². The summed E-state index contributed by atoms with van der Waals surface area (Å²) in [6.45, 7) is 1.55. The van der Waals surface area contributed by atoms with Crippen molar-refractivity contribution in [1.82, 2.24) is 37.2 Å². The highest BCUT2D eigenvalue weighted by atomic mass is 35.5. The molecule has 0 spiro atoms. The molecule has 17 N–H and O–H groups in total. The SMILES string of the molecule is COc1ccc(C[C@@H]2NC(=O)[C@H](NC(=O)[C@@H](N)Cc3ccc(Cl)cc3)CSSC[C@@H](C(=O)NC(Cc3ccc(O)cc3)C(N)=O)NC(=O)[C@H]([C@@H](C)O)NC(=O)[C@H](CCCCCN)NC(=O)[C@@H](Cc3ccc(C(N)=O)cc3)NC2=O)cc1. The predicted octanol–water partition coefficient (Wildman–Crippen LogP) is -0.0752. The molecule has 9 amide bonds. The second-order valence-corrected chi connectivity index (χ2v) is 22.3. The molecule has 81 heavy (non-hydrogen) atoms. The van der Waals surface area contributed by atoms with Crippen molar-refractivity contribution in [2.75, 3.05) is 25.2 Å². The number of aromatic hydroxyl groups is 1. The molecule has 4 aromatic rings. The number of ether oxygens (including phenoxy) is 1. The van der Waals surface area contributed by atoms with E-state index in [-0.39, 0.29) is 54.9 Å². The number of carbonyl (C=O) groups excluding carboxylic acids is 9. The van der Waals surface area contributed by atoms with Crippen LogP contribution in [0, 0.1) is 0 Å². The van der Waals surface area contributed by atoms with E-state index in [2.05, 4.69) is 37.2 Å². The van der Waals surface area contributed by atoms with Crippen LogP contribution in [0.4, 0.5) is 0 Å². The zero-order valence-electron chi connectivity index (χ0n) is 44.7. The van der Waals surface area contributed by atoms with Crippen molar-refractivity contribution in [3.63, 3.8) is 0 Å². The van der Waals surface area contributed by atoms with Gasteiger partial charge in [0.15, 0.2) is 0 Å². The van der Waals surface area contributed by atoms with Gasteiger partial charge in [-0.2, -0.15) is 0 Å². The Hall–Kier alpha value is -7.42. The molecule has 23 nitrogen and oxygen atoms in total. The molecule has 1 aliphatic rings. The summed E-state index contributed by atoms with van der Waals surface area (Å²) < 4.78 is 5.33. The third-order valence-corrected chi connectivity index (χ3v) is 15.7. The molecule has 1 unspecified atom stereocenters. The number of aliphatic hydroxyl groups excluding tert-OH is 1. The molecule has 1 fully saturated rings. The molecule has 26 heteroatoms. The van der Waals surface area contributed by atoms with Crippen LogP contribution in [0.2, 0.25) is 5.02 Å². The summed E-state index contributed by atoms with van der Waals surface area (Å²) in [5, 5.41) is 39.9. The van der Waals surface area contributed by atoms with Crippen LogP contribution in [-0.2, 0) is 64.0 Å². The second kappa shape index (κ2) is 32.1. The topological polar surface area (TPSA) is 392 Å². The maximum absolute atomic E-state index is 14.8. The molecular formula is C55H70ClN11O12S2. The first-order valence-corrected chi connectivity index (χ1v) is 28.8. The Kier molecular flexibility index (Phi) is 25.5. The minimum absolute atomic E-state index is 0.0131. The number of primary amides is 2. The summed E-state index contributed by atoms with van der Waals surface area (Å²) in [6, 6.07) is 13.4. The lowest BCUT2D eigenvalue weighted by Gasteiger charge is -2.29. The summed E-state index contributed by atoms with van der Waals surface area (Å²) in [7, 11) is 3.41. The maximum atomic E-state index is 14.8. The summed E-state index contributed by atoms with van der Waals surface area (Å²) in [5.41, 5.74) is 25.7. The van der Waals surface area contributed by atoms with E-state index in [1.54, 1.807) is 48.5 Å². The van der Waals surface area contributed by atoms with Gasteiger partial charge in [-0.1, -0.05) is 94.6 Å².